The van der Waals surface area contributed by atoms with Crippen LogP contribution in [0.2, 0.25) is 5.02 Å². The number of hydrogen-bond donors (Lipinski definition) is 2. The zero-order valence-corrected chi connectivity index (χ0v) is 13.7. The Morgan fingerprint density at radius 1 is 1.00 bits per heavy atom. The third-order valence-electron chi connectivity index (χ3n) is 3.55. The van der Waals surface area contributed by atoms with E-state index in [0.29, 0.717) is 16.3 Å². The Kier molecular flexibility index (Phi) is 4.49. The molecule has 0 saturated carbocycles. The van der Waals surface area contributed by atoms with Gasteiger partial charge < -0.3 is 10.3 Å². The summed E-state index contributed by atoms with van der Waals surface area (Å²) in [6, 6.07) is 18.5. The van der Waals surface area contributed by atoms with Crippen molar-refractivity contribution in [3.05, 3.63) is 76.0 Å². The number of halogens is 1. The monoisotopic (exact) mass is 338 g/mol. The van der Waals surface area contributed by atoms with Crippen LogP contribution < -0.4 is 10.9 Å². The molecule has 1 heterocycles. The van der Waals surface area contributed by atoms with Gasteiger partial charge in [-0.3, -0.25) is 9.59 Å². The molecule has 0 aliphatic rings. The third-order valence-corrected chi connectivity index (χ3v) is 3.79. The highest BCUT2D eigenvalue weighted by molar-refractivity contribution is 6.30. The normalized spacial score (nSPS) is 10.4. The van der Waals surface area contributed by atoms with E-state index in [9.17, 15) is 9.59 Å². The maximum Gasteiger partial charge on any atom is 0.272 e. The summed E-state index contributed by atoms with van der Waals surface area (Å²) in [4.78, 5) is 26.8. The van der Waals surface area contributed by atoms with E-state index < -0.39 is 0 Å². The molecule has 0 aliphatic heterocycles. The van der Waals surface area contributed by atoms with Crippen molar-refractivity contribution in [2.45, 2.75) is 6.92 Å². The van der Waals surface area contributed by atoms with Gasteiger partial charge in [-0.25, -0.2) is 0 Å². The minimum atomic E-state index is -0.360. The average molecular weight is 339 g/mol. The number of pyridine rings is 1. The van der Waals surface area contributed by atoms with E-state index in [4.69, 9.17) is 11.6 Å². The van der Waals surface area contributed by atoms with Crippen LogP contribution in [0.1, 0.15) is 6.92 Å². The second-order valence-corrected chi connectivity index (χ2v) is 5.79. The second-order valence-electron chi connectivity index (χ2n) is 5.36. The summed E-state index contributed by atoms with van der Waals surface area (Å²) in [5.74, 6) is -0.309. The molecule has 0 spiro atoms. The van der Waals surface area contributed by atoms with Crippen LogP contribution in [0.25, 0.3) is 22.4 Å². The fraction of sp³-hybridized carbons (Fsp3) is 0.0526. The molecular weight excluding hydrogens is 324 g/mol. The highest BCUT2D eigenvalue weighted by atomic mass is 35.5. The van der Waals surface area contributed by atoms with E-state index >= 15 is 0 Å². The zero-order valence-electron chi connectivity index (χ0n) is 13.0. The summed E-state index contributed by atoms with van der Waals surface area (Å²) in [5, 5.41) is 3.17. The maximum atomic E-state index is 12.5. The molecule has 3 rings (SSSR count). The molecule has 0 fully saturated rings. The molecule has 5 heteroatoms. The number of H-pyrrole nitrogens is 1. The van der Waals surface area contributed by atoms with Crippen molar-refractivity contribution in [3.8, 4) is 22.4 Å². The van der Waals surface area contributed by atoms with Gasteiger partial charge in [0.05, 0.1) is 0 Å². The molecule has 2 aromatic carbocycles. The molecule has 120 valence electrons. The number of carbonyl (C=O) groups excluding carboxylic acids is 1. The van der Waals surface area contributed by atoms with E-state index in [0.717, 1.165) is 11.1 Å². The molecule has 2 N–H and O–H groups in total. The molecule has 0 bridgehead atoms. The lowest BCUT2D eigenvalue weighted by Gasteiger charge is -2.12. The van der Waals surface area contributed by atoms with Gasteiger partial charge >= 0.3 is 0 Å². The van der Waals surface area contributed by atoms with E-state index in [1.807, 2.05) is 42.5 Å². The Hall–Kier alpha value is -2.85. The van der Waals surface area contributed by atoms with Crippen LogP contribution in [-0.2, 0) is 4.79 Å². The lowest BCUT2D eigenvalue weighted by molar-refractivity contribution is -0.114. The minimum absolute atomic E-state index is 0.212. The summed E-state index contributed by atoms with van der Waals surface area (Å²) < 4.78 is 0. The number of anilines is 1. The molecule has 1 amide bonds. The quantitative estimate of drug-likeness (QED) is 0.747. The summed E-state index contributed by atoms with van der Waals surface area (Å²) in [6.07, 6.45) is 0. The summed E-state index contributed by atoms with van der Waals surface area (Å²) in [6.45, 7) is 1.37. The lowest BCUT2D eigenvalue weighted by atomic mass is 10.0. The molecule has 0 radical (unpaired) electrons. The van der Waals surface area contributed by atoms with Crippen molar-refractivity contribution in [2.24, 2.45) is 0 Å². The predicted molar refractivity (Wildman–Crippen MR) is 97.2 cm³/mol. The van der Waals surface area contributed by atoms with Gasteiger partial charge in [0.15, 0.2) is 0 Å². The smallest absolute Gasteiger partial charge is 0.272 e. The predicted octanol–water partition coefficient (Wildman–Crippen LogP) is 4.32. The van der Waals surface area contributed by atoms with Gasteiger partial charge in [-0.05, 0) is 29.3 Å². The first-order valence-corrected chi connectivity index (χ1v) is 7.78. The van der Waals surface area contributed by atoms with Crippen LogP contribution in [0, 0.1) is 0 Å². The topological polar surface area (TPSA) is 62.0 Å². The van der Waals surface area contributed by atoms with Crippen LogP contribution in [0.4, 0.5) is 5.69 Å². The highest BCUT2D eigenvalue weighted by Crippen LogP contribution is 2.30. The van der Waals surface area contributed by atoms with Crippen molar-refractivity contribution < 1.29 is 4.79 Å². The van der Waals surface area contributed by atoms with Crippen LogP contribution in [0.3, 0.4) is 0 Å². The summed E-state index contributed by atoms with van der Waals surface area (Å²) >= 11 is 6.08. The number of rotatable bonds is 3. The number of aromatic nitrogens is 1. The van der Waals surface area contributed by atoms with Gasteiger partial charge in [0.2, 0.25) is 5.91 Å². The number of hydrogen-bond acceptors (Lipinski definition) is 2. The van der Waals surface area contributed by atoms with Crippen molar-refractivity contribution >= 4 is 23.2 Å². The van der Waals surface area contributed by atoms with Gasteiger partial charge in [0.1, 0.15) is 5.69 Å². The fourth-order valence-corrected chi connectivity index (χ4v) is 2.71. The zero-order chi connectivity index (χ0) is 17.1. The van der Waals surface area contributed by atoms with E-state index in [1.54, 1.807) is 18.2 Å². The Morgan fingerprint density at radius 2 is 1.71 bits per heavy atom. The Bertz CT molecular complexity index is 949. The Balaban J connectivity index is 2.25. The average Bonchev–Trinajstić information content (AvgIpc) is 2.57. The van der Waals surface area contributed by atoms with Crippen molar-refractivity contribution in [3.63, 3.8) is 0 Å². The van der Waals surface area contributed by atoms with Crippen LogP contribution in [0.15, 0.2) is 65.5 Å². The number of nitrogens with one attached hydrogen (secondary N) is 2. The van der Waals surface area contributed by atoms with E-state index in [-0.39, 0.29) is 17.2 Å². The number of carbonyl (C=O) groups is 1. The number of benzene rings is 2. The van der Waals surface area contributed by atoms with Crippen molar-refractivity contribution in [2.75, 3.05) is 5.32 Å². The number of amides is 1. The summed E-state index contributed by atoms with van der Waals surface area (Å²) in [7, 11) is 0. The van der Waals surface area contributed by atoms with Gasteiger partial charge in [0.25, 0.3) is 5.56 Å². The van der Waals surface area contributed by atoms with Gasteiger partial charge in [-0.15, -0.1) is 0 Å². The van der Waals surface area contributed by atoms with Crippen LogP contribution in [0.5, 0.6) is 0 Å². The lowest BCUT2D eigenvalue weighted by Crippen LogP contribution is -2.19. The van der Waals surface area contributed by atoms with E-state index in [2.05, 4.69) is 10.3 Å². The largest absolute Gasteiger partial charge is 0.321 e. The SMILES string of the molecule is CC(=O)Nc1c(-c2cccc(Cl)c2)cc(-c2ccccc2)[nH]c1=O. The third kappa shape index (κ3) is 3.39. The van der Waals surface area contributed by atoms with Gasteiger partial charge in [-0.2, -0.15) is 0 Å². The maximum absolute atomic E-state index is 12.5. The highest BCUT2D eigenvalue weighted by Gasteiger charge is 2.14. The Morgan fingerprint density at radius 3 is 2.38 bits per heavy atom. The first kappa shape index (κ1) is 16.0. The van der Waals surface area contributed by atoms with Crippen molar-refractivity contribution in [1.82, 2.24) is 4.98 Å². The molecule has 3 aromatic rings. The van der Waals surface area contributed by atoms with Crippen LogP contribution >= 0.6 is 11.6 Å². The Labute approximate surface area is 144 Å². The molecule has 0 atom stereocenters. The summed E-state index contributed by atoms with van der Waals surface area (Å²) in [5.41, 5.74) is 2.78. The molecule has 0 aliphatic carbocycles. The molecule has 1 aromatic heterocycles. The van der Waals surface area contributed by atoms with Gasteiger partial charge in [0, 0.05) is 23.2 Å². The fourth-order valence-electron chi connectivity index (χ4n) is 2.52. The second kappa shape index (κ2) is 6.72. The first-order chi connectivity index (χ1) is 11.5. The molecular formula is C19H15ClN2O2. The molecule has 0 unspecified atom stereocenters. The standard InChI is InChI=1S/C19H15ClN2O2/c1-12(23)21-18-16(14-8-5-9-15(20)10-14)11-17(22-19(18)24)13-6-3-2-4-7-13/h2-11H,1H3,(H,21,23)(H,22,24). The van der Waals surface area contributed by atoms with Crippen LogP contribution in [-0.4, -0.2) is 10.9 Å². The minimum Gasteiger partial charge on any atom is -0.321 e. The van der Waals surface area contributed by atoms with Crippen molar-refractivity contribution in [1.29, 1.82) is 0 Å². The van der Waals surface area contributed by atoms with Gasteiger partial charge in [-0.1, -0.05) is 54.1 Å². The van der Waals surface area contributed by atoms with E-state index in [1.165, 1.54) is 6.92 Å². The molecule has 24 heavy (non-hydrogen) atoms. The molecule has 4 nitrogen and oxygen atoms in total. The first-order valence-electron chi connectivity index (χ1n) is 7.41. The molecule has 0 saturated heterocycles. The number of aromatic amines is 1.